The van der Waals surface area contributed by atoms with Gasteiger partial charge in [0.15, 0.2) is 5.11 Å². The first-order chi connectivity index (χ1) is 11.5. The minimum absolute atomic E-state index is 0.00269. The van der Waals surface area contributed by atoms with Crippen LogP contribution in [0.1, 0.15) is 9.67 Å². The number of thiophene rings is 1. The number of amides is 1. The van der Waals surface area contributed by atoms with Gasteiger partial charge in [-0.25, -0.2) is 5.01 Å². The Hall–Kier alpha value is -1.86. The van der Waals surface area contributed by atoms with E-state index in [0.29, 0.717) is 20.6 Å². The first kappa shape index (κ1) is 17.0. The summed E-state index contributed by atoms with van der Waals surface area (Å²) in [6.07, 6.45) is 0. The Morgan fingerprint density at radius 2 is 1.79 bits per heavy atom. The van der Waals surface area contributed by atoms with E-state index in [4.69, 9.17) is 41.2 Å². The fraction of sp³-hybridized carbons (Fsp3) is 0. The van der Waals surface area contributed by atoms with Crippen molar-refractivity contribution >= 4 is 73.5 Å². The van der Waals surface area contributed by atoms with Crippen molar-refractivity contribution in [3.63, 3.8) is 0 Å². The normalized spacial score (nSPS) is 10.6. The SMILES string of the molecule is NC(=S)N(NC(=O)c1sc2ccccc2c1Cl)c1ccc(Cl)cc1. The Morgan fingerprint density at radius 1 is 1.12 bits per heavy atom. The number of carbonyl (C=O) groups excluding carboxylic acids is 1. The highest BCUT2D eigenvalue weighted by molar-refractivity contribution is 7.80. The van der Waals surface area contributed by atoms with Gasteiger partial charge in [0.2, 0.25) is 0 Å². The van der Waals surface area contributed by atoms with Crippen LogP contribution >= 0.6 is 46.8 Å². The second kappa shape index (κ2) is 6.94. The third-order valence-electron chi connectivity index (χ3n) is 3.26. The molecule has 3 rings (SSSR count). The van der Waals surface area contributed by atoms with Gasteiger partial charge in [-0.1, -0.05) is 41.4 Å². The molecule has 0 aliphatic carbocycles. The summed E-state index contributed by atoms with van der Waals surface area (Å²) >= 11 is 18.5. The summed E-state index contributed by atoms with van der Waals surface area (Å²) < 4.78 is 0.931. The van der Waals surface area contributed by atoms with Crippen LogP contribution in [0.2, 0.25) is 10.0 Å². The van der Waals surface area contributed by atoms with Crippen LogP contribution in [0.5, 0.6) is 0 Å². The van der Waals surface area contributed by atoms with Gasteiger partial charge in [0.05, 0.1) is 10.7 Å². The predicted octanol–water partition coefficient (Wildman–Crippen LogP) is 4.60. The smallest absolute Gasteiger partial charge is 0.281 e. The molecule has 1 amide bonds. The highest BCUT2D eigenvalue weighted by Crippen LogP contribution is 2.35. The lowest BCUT2D eigenvalue weighted by Crippen LogP contribution is -2.49. The van der Waals surface area contributed by atoms with Crippen molar-refractivity contribution in [2.75, 3.05) is 5.01 Å². The fourth-order valence-electron chi connectivity index (χ4n) is 2.15. The lowest BCUT2D eigenvalue weighted by molar-refractivity contribution is 0.0959. The van der Waals surface area contributed by atoms with Gasteiger partial charge in [-0.3, -0.25) is 10.2 Å². The van der Waals surface area contributed by atoms with Crippen molar-refractivity contribution in [2.24, 2.45) is 5.73 Å². The number of rotatable bonds is 2. The monoisotopic (exact) mass is 395 g/mol. The fourth-order valence-corrected chi connectivity index (χ4v) is 3.83. The Kier molecular flexibility index (Phi) is 4.91. The van der Waals surface area contributed by atoms with Crippen molar-refractivity contribution < 1.29 is 4.79 Å². The molecule has 2 aromatic carbocycles. The van der Waals surface area contributed by atoms with E-state index < -0.39 is 0 Å². The molecule has 0 fully saturated rings. The molecule has 8 heteroatoms. The van der Waals surface area contributed by atoms with Crippen molar-refractivity contribution in [3.8, 4) is 0 Å². The number of fused-ring (bicyclic) bond motifs is 1. The maximum absolute atomic E-state index is 12.6. The lowest BCUT2D eigenvalue weighted by Gasteiger charge is -2.23. The van der Waals surface area contributed by atoms with Crippen molar-refractivity contribution in [2.45, 2.75) is 0 Å². The summed E-state index contributed by atoms with van der Waals surface area (Å²) in [5.41, 5.74) is 9.00. The van der Waals surface area contributed by atoms with Crippen LogP contribution in [0.3, 0.4) is 0 Å². The van der Waals surface area contributed by atoms with Crippen LogP contribution in [0.25, 0.3) is 10.1 Å². The average Bonchev–Trinajstić information content (AvgIpc) is 2.91. The molecule has 1 aromatic heterocycles. The average molecular weight is 396 g/mol. The maximum atomic E-state index is 12.6. The molecule has 24 heavy (non-hydrogen) atoms. The summed E-state index contributed by atoms with van der Waals surface area (Å²) in [7, 11) is 0. The van der Waals surface area contributed by atoms with Gasteiger partial charge < -0.3 is 5.73 Å². The van der Waals surface area contributed by atoms with Crippen LogP contribution in [-0.2, 0) is 0 Å². The number of carbonyl (C=O) groups is 1. The molecule has 4 nitrogen and oxygen atoms in total. The molecule has 0 atom stereocenters. The summed E-state index contributed by atoms with van der Waals surface area (Å²) in [4.78, 5) is 13.0. The second-order valence-electron chi connectivity index (χ2n) is 4.83. The van der Waals surface area contributed by atoms with E-state index >= 15 is 0 Å². The molecule has 0 saturated carbocycles. The van der Waals surface area contributed by atoms with Gasteiger partial charge in [-0.2, -0.15) is 0 Å². The molecule has 3 N–H and O–H groups in total. The number of benzene rings is 2. The van der Waals surface area contributed by atoms with E-state index in [9.17, 15) is 4.79 Å². The zero-order chi connectivity index (χ0) is 17.3. The first-order valence-electron chi connectivity index (χ1n) is 6.80. The first-order valence-corrected chi connectivity index (χ1v) is 8.78. The Bertz CT molecular complexity index is 925. The van der Waals surface area contributed by atoms with E-state index in [1.807, 2.05) is 24.3 Å². The highest BCUT2D eigenvalue weighted by Gasteiger charge is 2.20. The number of halogens is 2. The number of thiocarbonyl (C=S) groups is 1. The van der Waals surface area contributed by atoms with Crippen molar-refractivity contribution in [3.05, 3.63) is 63.5 Å². The minimum Gasteiger partial charge on any atom is -0.374 e. The number of nitrogens with zero attached hydrogens (tertiary/aromatic N) is 1. The van der Waals surface area contributed by atoms with Crippen LogP contribution in [0.4, 0.5) is 5.69 Å². The van der Waals surface area contributed by atoms with E-state index in [1.165, 1.54) is 16.3 Å². The van der Waals surface area contributed by atoms with Crippen LogP contribution in [0.15, 0.2) is 48.5 Å². The molecular weight excluding hydrogens is 385 g/mol. The van der Waals surface area contributed by atoms with Crippen molar-refractivity contribution in [1.29, 1.82) is 0 Å². The zero-order valence-electron chi connectivity index (χ0n) is 12.1. The minimum atomic E-state index is -0.385. The van der Waals surface area contributed by atoms with E-state index in [1.54, 1.807) is 24.3 Å². The van der Waals surface area contributed by atoms with Crippen LogP contribution in [0, 0.1) is 0 Å². The quantitative estimate of drug-likeness (QED) is 0.491. The van der Waals surface area contributed by atoms with Crippen molar-refractivity contribution in [1.82, 2.24) is 5.43 Å². The molecule has 0 unspecified atom stereocenters. The standard InChI is InChI=1S/C16H11Cl2N3OS2/c17-9-5-7-10(8-6-9)21(16(19)23)20-15(22)14-13(18)11-3-1-2-4-12(11)24-14/h1-8H,(H2,19,23)(H,20,22). The topological polar surface area (TPSA) is 58.4 Å². The molecule has 3 aromatic rings. The Balaban J connectivity index is 1.91. The number of hydrogen-bond acceptors (Lipinski definition) is 3. The Labute approximate surface area is 157 Å². The molecule has 0 aliphatic heterocycles. The molecule has 1 heterocycles. The van der Waals surface area contributed by atoms with Gasteiger partial charge in [0, 0.05) is 15.1 Å². The lowest BCUT2D eigenvalue weighted by atomic mass is 10.2. The molecule has 0 aliphatic rings. The molecule has 0 saturated heterocycles. The number of hydrogen-bond donors (Lipinski definition) is 2. The third-order valence-corrected chi connectivity index (χ3v) is 5.37. The summed E-state index contributed by atoms with van der Waals surface area (Å²) in [5.74, 6) is -0.385. The summed E-state index contributed by atoms with van der Waals surface area (Å²) in [6, 6.07) is 14.3. The molecule has 0 spiro atoms. The van der Waals surface area contributed by atoms with Crippen LogP contribution in [-0.4, -0.2) is 11.0 Å². The number of nitrogens with one attached hydrogen (secondary N) is 1. The summed E-state index contributed by atoms with van der Waals surface area (Å²) in [5, 5.41) is 3.13. The number of nitrogens with two attached hydrogens (primary N) is 1. The molecule has 0 bridgehead atoms. The van der Waals surface area contributed by atoms with Crippen LogP contribution < -0.4 is 16.2 Å². The number of anilines is 1. The van der Waals surface area contributed by atoms with E-state index in [-0.39, 0.29) is 11.0 Å². The van der Waals surface area contributed by atoms with Gasteiger partial charge in [-0.15, -0.1) is 11.3 Å². The zero-order valence-corrected chi connectivity index (χ0v) is 15.3. The number of hydrazine groups is 1. The van der Waals surface area contributed by atoms with E-state index in [2.05, 4.69) is 5.43 Å². The Morgan fingerprint density at radius 3 is 2.42 bits per heavy atom. The van der Waals surface area contributed by atoms with Gasteiger partial charge in [0.1, 0.15) is 4.88 Å². The van der Waals surface area contributed by atoms with Gasteiger partial charge >= 0.3 is 0 Å². The molecule has 0 radical (unpaired) electrons. The largest absolute Gasteiger partial charge is 0.374 e. The van der Waals surface area contributed by atoms with Gasteiger partial charge in [-0.05, 0) is 42.5 Å². The molecular formula is C16H11Cl2N3OS2. The van der Waals surface area contributed by atoms with E-state index in [0.717, 1.165) is 10.1 Å². The summed E-state index contributed by atoms with van der Waals surface area (Å²) in [6.45, 7) is 0. The second-order valence-corrected chi connectivity index (χ2v) is 7.12. The highest BCUT2D eigenvalue weighted by atomic mass is 35.5. The van der Waals surface area contributed by atoms with Gasteiger partial charge in [0.25, 0.3) is 5.91 Å². The predicted molar refractivity (Wildman–Crippen MR) is 105 cm³/mol. The third kappa shape index (κ3) is 3.32. The maximum Gasteiger partial charge on any atom is 0.281 e. The molecule has 122 valence electrons.